The number of nitrogens with zero attached hydrogens (tertiary/aromatic N) is 1. The number of pyridine rings is 1. The highest BCUT2D eigenvalue weighted by Crippen LogP contribution is 2.49. The van der Waals surface area contributed by atoms with Gasteiger partial charge in [-0.15, -0.1) is 0 Å². The largest absolute Gasteiger partial charge is 0.378 e. The molecule has 0 saturated carbocycles. The zero-order valence-electron chi connectivity index (χ0n) is 11.0. The van der Waals surface area contributed by atoms with Crippen LogP contribution in [-0.4, -0.2) is 4.98 Å². The Hall–Kier alpha value is -2.16. The van der Waals surface area contributed by atoms with E-state index in [-0.39, 0.29) is 11.9 Å². The summed E-state index contributed by atoms with van der Waals surface area (Å²) in [6.45, 7) is 0. The van der Waals surface area contributed by atoms with Crippen molar-refractivity contribution >= 4 is 5.69 Å². The first-order chi connectivity index (χ1) is 9.83. The average molecular weight is 266 g/mol. The number of hydrogen-bond acceptors (Lipinski definition) is 2. The highest BCUT2D eigenvalue weighted by molar-refractivity contribution is 5.59. The van der Waals surface area contributed by atoms with Gasteiger partial charge < -0.3 is 5.32 Å². The van der Waals surface area contributed by atoms with Crippen LogP contribution < -0.4 is 5.32 Å². The molecule has 20 heavy (non-hydrogen) atoms. The van der Waals surface area contributed by atoms with E-state index >= 15 is 0 Å². The van der Waals surface area contributed by atoms with E-state index in [0.29, 0.717) is 11.8 Å². The van der Waals surface area contributed by atoms with Crippen LogP contribution >= 0.6 is 0 Å². The first-order valence-electron chi connectivity index (χ1n) is 6.95. The Morgan fingerprint density at radius 3 is 2.85 bits per heavy atom. The van der Waals surface area contributed by atoms with Gasteiger partial charge in [0.05, 0.1) is 6.04 Å². The quantitative estimate of drug-likeness (QED) is 0.788. The molecule has 0 fully saturated rings. The predicted octanol–water partition coefficient (Wildman–Crippen LogP) is 4.05. The Kier molecular flexibility index (Phi) is 2.59. The van der Waals surface area contributed by atoms with E-state index in [1.807, 2.05) is 18.5 Å². The first-order valence-corrected chi connectivity index (χ1v) is 6.95. The minimum atomic E-state index is -0.160. The van der Waals surface area contributed by atoms with Crippen LogP contribution in [0.15, 0.2) is 54.9 Å². The lowest BCUT2D eigenvalue weighted by molar-refractivity contribution is 0.424. The Morgan fingerprint density at radius 1 is 1.15 bits per heavy atom. The first kappa shape index (κ1) is 11.6. The molecule has 2 heterocycles. The van der Waals surface area contributed by atoms with Crippen molar-refractivity contribution in [1.82, 2.24) is 4.98 Å². The highest BCUT2D eigenvalue weighted by Gasteiger charge is 2.37. The fourth-order valence-electron chi connectivity index (χ4n) is 3.47. The molecule has 1 aromatic heterocycles. The van der Waals surface area contributed by atoms with Gasteiger partial charge >= 0.3 is 0 Å². The molecule has 0 saturated heterocycles. The number of benzene rings is 1. The summed E-state index contributed by atoms with van der Waals surface area (Å²) in [7, 11) is 0. The summed E-state index contributed by atoms with van der Waals surface area (Å²) < 4.78 is 13.5. The van der Waals surface area contributed by atoms with E-state index < -0.39 is 0 Å². The van der Waals surface area contributed by atoms with Gasteiger partial charge in [-0.3, -0.25) is 4.98 Å². The summed E-state index contributed by atoms with van der Waals surface area (Å²) >= 11 is 0. The van der Waals surface area contributed by atoms with Crippen LogP contribution in [0.2, 0.25) is 0 Å². The number of rotatable bonds is 1. The lowest BCUT2D eigenvalue weighted by atomic mass is 9.77. The maximum atomic E-state index is 13.5. The lowest BCUT2D eigenvalue weighted by Crippen LogP contribution is -2.29. The predicted molar refractivity (Wildman–Crippen MR) is 77.0 cm³/mol. The Labute approximate surface area is 117 Å². The summed E-state index contributed by atoms with van der Waals surface area (Å²) in [5, 5.41) is 3.58. The molecular formula is C17H15FN2. The highest BCUT2D eigenvalue weighted by atomic mass is 19.1. The van der Waals surface area contributed by atoms with Crippen LogP contribution in [0.3, 0.4) is 0 Å². The van der Waals surface area contributed by atoms with E-state index in [2.05, 4.69) is 34.6 Å². The summed E-state index contributed by atoms with van der Waals surface area (Å²) in [6.07, 6.45) is 9.12. The van der Waals surface area contributed by atoms with Gasteiger partial charge in [0.1, 0.15) is 5.82 Å². The van der Waals surface area contributed by atoms with Crippen LogP contribution in [0, 0.1) is 11.7 Å². The number of allylic oxidation sites excluding steroid dienone is 2. The van der Waals surface area contributed by atoms with Crippen LogP contribution in [-0.2, 0) is 0 Å². The van der Waals surface area contributed by atoms with Gasteiger partial charge in [0.25, 0.3) is 0 Å². The van der Waals surface area contributed by atoms with Crippen molar-refractivity contribution in [3.63, 3.8) is 0 Å². The second-order valence-corrected chi connectivity index (χ2v) is 5.49. The molecule has 1 aromatic carbocycles. The van der Waals surface area contributed by atoms with E-state index in [1.165, 1.54) is 11.6 Å². The topological polar surface area (TPSA) is 24.9 Å². The lowest BCUT2D eigenvalue weighted by Gasteiger charge is -2.37. The number of aromatic nitrogens is 1. The minimum Gasteiger partial charge on any atom is -0.378 e. The zero-order chi connectivity index (χ0) is 13.5. The van der Waals surface area contributed by atoms with Crippen molar-refractivity contribution in [2.24, 2.45) is 5.92 Å². The summed E-state index contributed by atoms with van der Waals surface area (Å²) in [6, 6.07) is 9.41. The van der Waals surface area contributed by atoms with Crippen molar-refractivity contribution in [3.8, 4) is 0 Å². The van der Waals surface area contributed by atoms with Gasteiger partial charge in [0, 0.05) is 24.0 Å². The van der Waals surface area contributed by atoms with Gasteiger partial charge in [0.15, 0.2) is 0 Å². The van der Waals surface area contributed by atoms with Crippen LogP contribution in [0.1, 0.15) is 29.5 Å². The normalized spacial score (nSPS) is 26.8. The molecule has 0 bridgehead atoms. The summed E-state index contributed by atoms with van der Waals surface area (Å²) in [4.78, 5) is 4.09. The monoisotopic (exact) mass is 266 g/mol. The number of fused-ring (bicyclic) bond motifs is 3. The van der Waals surface area contributed by atoms with Gasteiger partial charge in [-0.25, -0.2) is 4.39 Å². The van der Waals surface area contributed by atoms with Gasteiger partial charge in [-0.05, 0) is 53.8 Å². The fraction of sp³-hybridized carbons (Fsp3) is 0.235. The zero-order valence-corrected chi connectivity index (χ0v) is 11.0. The molecule has 0 radical (unpaired) electrons. The maximum absolute atomic E-state index is 13.5. The van der Waals surface area contributed by atoms with Crippen molar-refractivity contribution in [1.29, 1.82) is 0 Å². The number of hydrogen-bond donors (Lipinski definition) is 1. The molecule has 0 spiro atoms. The molecule has 1 aliphatic carbocycles. The average Bonchev–Trinajstić information content (AvgIpc) is 2.97. The van der Waals surface area contributed by atoms with E-state index in [9.17, 15) is 4.39 Å². The molecule has 2 aliphatic rings. The molecule has 3 unspecified atom stereocenters. The van der Waals surface area contributed by atoms with E-state index in [4.69, 9.17) is 0 Å². The molecule has 3 heteroatoms. The Bertz CT molecular complexity index is 666. The SMILES string of the molecule is Fc1ccc2c(c1)C1C=CCC1C(c1ccncc1)N2. The third-order valence-corrected chi connectivity index (χ3v) is 4.39. The van der Waals surface area contributed by atoms with Crippen molar-refractivity contribution in [2.45, 2.75) is 18.4 Å². The third kappa shape index (κ3) is 1.73. The smallest absolute Gasteiger partial charge is 0.123 e. The second-order valence-electron chi connectivity index (χ2n) is 5.49. The Balaban J connectivity index is 1.80. The molecule has 2 aromatic rings. The van der Waals surface area contributed by atoms with Gasteiger partial charge in [-0.2, -0.15) is 0 Å². The van der Waals surface area contributed by atoms with Crippen LogP contribution in [0.25, 0.3) is 0 Å². The molecule has 0 amide bonds. The molecule has 100 valence electrons. The molecular weight excluding hydrogens is 251 g/mol. The van der Waals surface area contributed by atoms with Crippen LogP contribution in [0.5, 0.6) is 0 Å². The molecule has 1 N–H and O–H groups in total. The van der Waals surface area contributed by atoms with Gasteiger partial charge in [0.2, 0.25) is 0 Å². The van der Waals surface area contributed by atoms with Crippen molar-refractivity contribution in [2.75, 3.05) is 5.32 Å². The molecule has 2 nitrogen and oxygen atoms in total. The Morgan fingerprint density at radius 2 is 2.00 bits per heavy atom. The van der Waals surface area contributed by atoms with Crippen LogP contribution in [0.4, 0.5) is 10.1 Å². The second kappa shape index (κ2) is 4.44. The van der Waals surface area contributed by atoms with E-state index in [1.54, 1.807) is 6.07 Å². The number of halogens is 1. The minimum absolute atomic E-state index is 0.160. The number of anilines is 1. The fourth-order valence-corrected chi connectivity index (χ4v) is 3.47. The molecule has 1 aliphatic heterocycles. The van der Waals surface area contributed by atoms with Crippen molar-refractivity contribution < 1.29 is 4.39 Å². The van der Waals surface area contributed by atoms with E-state index in [0.717, 1.165) is 17.7 Å². The van der Waals surface area contributed by atoms with Crippen molar-refractivity contribution in [3.05, 3.63) is 71.8 Å². The molecule has 3 atom stereocenters. The summed E-state index contributed by atoms with van der Waals surface area (Å²) in [5.74, 6) is 0.596. The summed E-state index contributed by atoms with van der Waals surface area (Å²) in [5.41, 5.74) is 3.36. The third-order valence-electron chi connectivity index (χ3n) is 4.39. The van der Waals surface area contributed by atoms with Gasteiger partial charge in [-0.1, -0.05) is 12.2 Å². The molecule has 4 rings (SSSR count). The standard InChI is InChI=1S/C17H15FN2/c18-12-4-5-16-15(10-12)13-2-1-3-14(13)17(20-16)11-6-8-19-9-7-11/h1-2,4-10,13-14,17,20H,3H2. The number of nitrogens with one attached hydrogen (secondary N) is 1. The maximum Gasteiger partial charge on any atom is 0.123 e.